The van der Waals surface area contributed by atoms with Gasteiger partial charge in [0.05, 0.1) is 0 Å². The van der Waals surface area contributed by atoms with E-state index in [9.17, 15) is 13.2 Å². The molecule has 2 unspecified atom stereocenters. The molecule has 0 rings (SSSR count). The van der Waals surface area contributed by atoms with E-state index in [-0.39, 0.29) is 12.3 Å². The fraction of sp³-hybridized carbons (Fsp3) is 1.00. The van der Waals surface area contributed by atoms with E-state index < -0.39 is 12.2 Å². The van der Waals surface area contributed by atoms with Crippen LogP contribution in [0.25, 0.3) is 0 Å². The minimum Gasteiger partial charge on any atom is -0.306 e. The zero-order valence-corrected chi connectivity index (χ0v) is 9.82. The van der Waals surface area contributed by atoms with Crippen LogP contribution in [0.1, 0.15) is 46.5 Å². The Kier molecular flexibility index (Phi) is 6.98. The van der Waals surface area contributed by atoms with Crippen molar-refractivity contribution in [2.24, 2.45) is 5.92 Å². The molecule has 0 aromatic heterocycles. The lowest BCUT2D eigenvalue weighted by molar-refractivity contribution is -0.159. The number of rotatable bonds is 7. The number of hydrogen-bond acceptors (Lipinski definition) is 1. The van der Waals surface area contributed by atoms with Crippen molar-refractivity contribution >= 4 is 0 Å². The SMILES string of the molecule is CCCNC(CC(C)CCC)C(F)(F)F. The van der Waals surface area contributed by atoms with Crippen molar-refractivity contribution in [3.8, 4) is 0 Å². The Bertz CT molecular complexity index is 156. The minimum atomic E-state index is -4.11. The lowest BCUT2D eigenvalue weighted by Crippen LogP contribution is -2.43. The van der Waals surface area contributed by atoms with E-state index in [0.717, 1.165) is 19.3 Å². The fourth-order valence-corrected chi connectivity index (χ4v) is 1.66. The first-order chi connectivity index (χ1) is 6.91. The average Bonchev–Trinajstić information content (AvgIpc) is 2.10. The van der Waals surface area contributed by atoms with Gasteiger partial charge in [-0.3, -0.25) is 0 Å². The van der Waals surface area contributed by atoms with Crippen LogP contribution in [0.2, 0.25) is 0 Å². The molecular formula is C11H22F3N. The minimum absolute atomic E-state index is 0.131. The van der Waals surface area contributed by atoms with E-state index in [1.165, 1.54) is 0 Å². The van der Waals surface area contributed by atoms with Crippen molar-refractivity contribution in [3.63, 3.8) is 0 Å². The Hall–Kier alpha value is -0.250. The lowest BCUT2D eigenvalue weighted by atomic mass is 9.97. The molecule has 2 atom stereocenters. The van der Waals surface area contributed by atoms with Crippen LogP contribution in [-0.4, -0.2) is 18.8 Å². The highest BCUT2D eigenvalue weighted by molar-refractivity contribution is 4.77. The average molecular weight is 225 g/mol. The molecule has 0 saturated carbocycles. The van der Waals surface area contributed by atoms with E-state index in [1.54, 1.807) is 0 Å². The molecule has 0 aromatic carbocycles. The van der Waals surface area contributed by atoms with Crippen LogP contribution in [0.5, 0.6) is 0 Å². The highest BCUT2D eigenvalue weighted by Gasteiger charge is 2.39. The van der Waals surface area contributed by atoms with E-state index in [1.807, 2.05) is 20.8 Å². The Labute approximate surface area is 90.4 Å². The molecule has 0 aliphatic carbocycles. The highest BCUT2D eigenvalue weighted by atomic mass is 19.4. The van der Waals surface area contributed by atoms with Crippen molar-refractivity contribution in [1.82, 2.24) is 5.32 Å². The zero-order chi connectivity index (χ0) is 11.9. The van der Waals surface area contributed by atoms with Crippen LogP contribution in [0.3, 0.4) is 0 Å². The first-order valence-electron chi connectivity index (χ1n) is 5.71. The molecule has 0 aliphatic rings. The topological polar surface area (TPSA) is 12.0 Å². The summed E-state index contributed by atoms with van der Waals surface area (Å²) < 4.78 is 37.7. The van der Waals surface area contributed by atoms with Crippen LogP contribution < -0.4 is 5.32 Å². The van der Waals surface area contributed by atoms with E-state index in [2.05, 4.69) is 5.32 Å². The maximum atomic E-state index is 12.6. The van der Waals surface area contributed by atoms with Crippen LogP contribution in [0.4, 0.5) is 13.2 Å². The van der Waals surface area contributed by atoms with Gasteiger partial charge in [0, 0.05) is 0 Å². The molecule has 0 spiro atoms. The predicted octanol–water partition coefficient (Wildman–Crippen LogP) is 3.74. The van der Waals surface area contributed by atoms with Crippen LogP contribution in [0.15, 0.2) is 0 Å². The summed E-state index contributed by atoms with van der Waals surface area (Å²) in [7, 11) is 0. The summed E-state index contributed by atoms with van der Waals surface area (Å²) in [5, 5.41) is 2.57. The molecule has 0 aromatic rings. The Morgan fingerprint density at radius 2 is 1.73 bits per heavy atom. The molecule has 1 nitrogen and oxygen atoms in total. The molecule has 0 radical (unpaired) electrons. The van der Waals surface area contributed by atoms with Crippen molar-refractivity contribution in [1.29, 1.82) is 0 Å². The standard InChI is InChI=1S/C11H22F3N/c1-4-6-9(3)8-10(11(12,13)14)15-7-5-2/h9-10,15H,4-8H2,1-3H3. The number of halogens is 3. The molecule has 0 heterocycles. The van der Waals surface area contributed by atoms with Gasteiger partial charge in [-0.15, -0.1) is 0 Å². The molecule has 1 N–H and O–H groups in total. The van der Waals surface area contributed by atoms with Gasteiger partial charge in [-0.25, -0.2) is 0 Å². The maximum Gasteiger partial charge on any atom is 0.403 e. The molecule has 0 bridgehead atoms. The Morgan fingerprint density at radius 3 is 2.13 bits per heavy atom. The molecule has 0 aliphatic heterocycles. The Morgan fingerprint density at radius 1 is 1.13 bits per heavy atom. The fourth-order valence-electron chi connectivity index (χ4n) is 1.66. The maximum absolute atomic E-state index is 12.6. The molecule has 15 heavy (non-hydrogen) atoms. The third-order valence-corrected chi connectivity index (χ3v) is 2.46. The van der Waals surface area contributed by atoms with Crippen molar-refractivity contribution in [2.75, 3.05) is 6.54 Å². The van der Waals surface area contributed by atoms with Gasteiger partial charge in [0.2, 0.25) is 0 Å². The van der Waals surface area contributed by atoms with Crippen molar-refractivity contribution in [2.45, 2.75) is 58.7 Å². The van der Waals surface area contributed by atoms with E-state index in [0.29, 0.717) is 6.54 Å². The summed E-state index contributed by atoms with van der Waals surface area (Å²) in [4.78, 5) is 0. The third kappa shape index (κ3) is 6.77. The molecule has 0 saturated heterocycles. The van der Waals surface area contributed by atoms with Gasteiger partial charge in [0.25, 0.3) is 0 Å². The first-order valence-corrected chi connectivity index (χ1v) is 5.71. The molecule has 0 amide bonds. The molecule has 92 valence electrons. The number of hydrogen-bond donors (Lipinski definition) is 1. The molecule has 4 heteroatoms. The van der Waals surface area contributed by atoms with Gasteiger partial charge < -0.3 is 5.32 Å². The van der Waals surface area contributed by atoms with Gasteiger partial charge in [-0.2, -0.15) is 13.2 Å². The lowest BCUT2D eigenvalue weighted by Gasteiger charge is -2.24. The molecule has 0 fully saturated rings. The summed E-state index contributed by atoms with van der Waals surface area (Å²) in [6.07, 6.45) is -1.39. The van der Waals surface area contributed by atoms with Gasteiger partial charge in [-0.05, 0) is 25.3 Å². The normalized spacial score (nSPS) is 16.4. The van der Waals surface area contributed by atoms with Crippen LogP contribution >= 0.6 is 0 Å². The molecular weight excluding hydrogens is 203 g/mol. The summed E-state index contributed by atoms with van der Waals surface area (Å²) in [6, 6.07) is -1.33. The number of nitrogens with one attached hydrogen (secondary N) is 1. The largest absolute Gasteiger partial charge is 0.403 e. The summed E-state index contributed by atoms with van der Waals surface area (Å²) in [6.45, 7) is 6.19. The second-order valence-corrected chi connectivity index (χ2v) is 4.18. The number of alkyl halides is 3. The summed E-state index contributed by atoms with van der Waals surface area (Å²) in [5.41, 5.74) is 0. The van der Waals surface area contributed by atoms with E-state index >= 15 is 0 Å². The monoisotopic (exact) mass is 225 g/mol. The second-order valence-electron chi connectivity index (χ2n) is 4.18. The second kappa shape index (κ2) is 7.09. The van der Waals surface area contributed by atoms with Crippen molar-refractivity contribution in [3.05, 3.63) is 0 Å². The smallest absolute Gasteiger partial charge is 0.306 e. The van der Waals surface area contributed by atoms with Crippen LogP contribution in [0, 0.1) is 5.92 Å². The van der Waals surface area contributed by atoms with Gasteiger partial charge in [0.15, 0.2) is 0 Å². The van der Waals surface area contributed by atoms with Gasteiger partial charge in [-0.1, -0.05) is 33.6 Å². The summed E-state index contributed by atoms with van der Waals surface area (Å²) >= 11 is 0. The first kappa shape index (κ1) is 14.8. The zero-order valence-electron chi connectivity index (χ0n) is 9.82. The predicted molar refractivity (Wildman–Crippen MR) is 56.8 cm³/mol. The Balaban J connectivity index is 4.12. The van der Waals surface area contributed by atoms with E-state index in [4.69, 9.17) is 0 Å². The van der Waals surface area contributed by atoms with Gasteiger partial charge >= 0.3 is 6.18 Å². The quantitative estimate of drug-likeness (QED) is 0.696. The highest BCUT2D eigenvalue weighted by Crippen LogP contribution is 2.26. The third-order valence-electron chi connectivity index (χ3n) is 2.46. The van der Waals surface area contributed by atoms with Crippen molar-refractivity contribution < 1.29 is 13.2 Å². The summed E-state index contributed by atoms with van der Waals surface area (Å²) in [5.74, 6) is 0.131. The van der Waals surface area contributed by atoms with Gasteiger partial charge in [0.1, 0.15) is 6.04 Å². The van der Waals surface area contributed by atoms with Crippen LogP contribution in [-0.2, 0) is 0 Å².